The van der Waals surface area contributed by atoms with Gasteiger partial charge in [0.2, 0.25) is 0 Å². The lowest BCUT2D eigenvalue weighted by molar-refractivity contribution is 0.415. The number of halogens is 1. The molecule has 1 aromatic carbocycles. The molecule has 2 aromatic rings. The fourth-order valence-corrected chi connectivity index (χ4v) is 1.35. The van der Waals surface area contributed by atoms with E-state index in [4.69, 9.17) is 16.1 Å². The van der Waals surface area contributed by atoms with Crippen molar-refractivity contribution in [3.63, 3.8) is 0 Å². The molecule has 4 nitrogen and oxygen atoms in total. The van der Waals surface area contributed by atoms with Crippen LogP contribution in [0.25, 0.3) is 6.08 Å². The first-order chi connectivity index (χ1) is 8.25. The summed E-state index contributed by atoms with van der Waals surface area (Å²) < 4.78 is 4.78. The number of hydrogen-bond acceptors (Lipinski definition) is 4. The highest BCUT2D eigenvalue weighted by atomic mass is 35.5. The van der Waals surface area contributed by atoms with Crippen LogP contribution in [-0.2, 0) is 0 Å². The van der Waals surface area contributed by atoms with Crippen molar-refractivity contribution in [3.8, 4) is 0 Å². The Bertz CT molecular complexity index is 546. The number of benzene rings is 1. The number of hydrogen-bond donors (Lipinski definition) is 0. The largest absolute Gasteiger partial charge is 0.364 e. The summed E-state index contributed by atoms with van der Waals surface area (Å²) in [7, 11) is 0. The zero-order valence-corrected chi connectivity index (χ0v) is 9.93. The Hall–Kier alpha value is -1.94. The van der Waals surface area contributed by atoms with Gasteiger partial charge in [0.05, 0.1) is 11.4 Å². The minimum Gasteiger partial charge on any atom is -0.364 e. The van der Waals surface area contributed by atoms with Crippen molar-refractivity contribution in [1.29, 1.82) is 0 Å². The number of aryl methyl sites for hydroxylation is 1. The Kier molecular flexibility index (Phi) is 3.67. The predicted molar refractivity (Wildman–Crippen MR) is 66.0 cm³/mol. The summed E-state index contributed by atoms with van der Waals surface area (Å²) in [5.41, 5.74) is 2.31. The van der Waals surface area contributed by atoms with Crippen LogP contribution < -0.4 is 0 Å². The molecule has 0 amide bonds. The van der Waals surface area contributed by atoms with Gasteiger partial charge in [-0.1, -0.05) is 35.0 Å². The van der Waals surface area contributed by atoms with Gasteiger partial charge in [0.25, 0.3) is 0 Å². The number of nitrogens with zero attached hydrogens (tertiary/aromatic N) is 3. The highest BCUT2D eigenvalue weighted by Gasteiger charge is 2.00. The average molecular weight is 248 g/mol. The van der Waals surface area contributed by atoms with E-state index in [9.17, 15) is 0 Å². The summed E-state index contributed by atoms with van der Waals surface area (Å²) in [6.07, 6.45) is 3.16. The lowest BCUT2D eigenvalue weighted by atomic mass is 10.3. The van der Waals surface area contributed by atoms with E-state index in [-0.39, 0.29) is 5.16 Å². The quantitative estimate of drug-likeness (QED) is 0.600. The molecule has 0 spiro atoms. The molecule has 1 heterocycles. The highest BCUT2D eigenvalue weighted by molar-refractivity contribution is 6.31. The monoisotopic (exact) mass is 247 g/mol. The van der Waals surface area contributed by atoms with E-state index >= 15 is 0 Å². The summed E-state index contributed by atoms with van der Waals surface area (Å²) in [5, 5.41) is 11.9. The highest BCUT2D eigenvalue weighted by Crippen LogP contribution is 2.17. The van der Waals surface area contributed by atoms with Crippen LogP contribution in [0.3, 0.4) is 0 Å². The van der Waals surface area contributed by atoms with Crippen LogP contribution in [-0.4, -0.2) is 5.16 Å². The second-order valence-electron chi connectivity index (χ2n) is 3.36. The molecular weight excluding hydrogens is 238 g/mol. The zero-order valence-electron chi connectivity index (χ0n) is 9.17. The summed E-state index contributed by atoms with van der Waals surface area (Å²) in [5.74, 6) is 0. The fraction of sp³-hybridized carbons (Fsp3) is 0.0833. The molecule has 0 atom stereocenters. The van der Waals surface area contributed by atoms with Gasteiger partial charge in [-0.05, 0) is 25.1 Å². The van der Waals surface area contributed by atoms with Gasteiger partial charge in [0.15, 0.2) is 5.16 Å². The molecule has 86 valence electrons. The molecule has 0 unspecified atom stereocenters. The number of aromatic nitrogens is 1. The van der Waals surface area contributed by atoms with Crippen LogP contribution in [0, 0.1) is 6.92 Å². The second kappa shape index (κ2) is 5.41. The van der Waals surface area contributed by atoms with Gasteiger partial charge in [-0.3, -0.25) is 0 Å². The van der Waals surface area contributed by atoms with Gasteiger partial charge in [0, 0.05) is 5.56 Å². The molecule has 0 saturated heterocycles. The third kappa shape index (κ3) is 3.26. The Morgan fingerprint density at radius 1 is 1.35 bits per heavy atom. The lowest BCUT2D eigenvalue weighted by Gasteiger charge is -1.90. The summed E-state index contributed by atoms with van der Waals surface area (Å²) in [6, 6.07) is 9.37. The number of azo groups is 1. The maximum Gasteiger partial charge on any atom is 0.152 e. The van der Waals surface area contributed by atoms with Crippen LogP contribution in [0.1, 0.15) is 11.3 Å². The fourth-order valence-electron chi connectivity index (χ4n) is 1.20. The van der Waals surface area contributed by atoms with E-state index in [1.54, 1.807) is 6.08 Å². The van der Waals surface area contributed by atoms with Crippen molar-refractivity contribution in [2.45, 2.75) is 6.92 Å². The van der Waals surface area contributed by atoms with Gasteiger partial charge >= 0.3 is 0 Å². The first-order valence-electron chi connectivity index (χ1n) is 5.00. The zero-order chi connectivity index (χ0) is 12.1. The Labute approximate surface area is 104 Å². The normalized spacial score (nSPS) is 12.2. The SMILES string of the molecule is Cc1nocc1/C=C(\Cl)N=Nc1ccccc1. The van der Waals surface area contributed by atoms with Gasteiger partial charge < -0.3 is 4.52 Å². The van der Waals surface area contributed by atoms with Crippen molar-refractivity contribution < 1.29 is 4.52 Å². The van der Waals surface area contributed by atoms with Crippen molar-refractivity contribution in [2.24, 2.45) is 10.2 Å². The molecule has 0 aliphatic carbocycles. The van der Waals surface area contributed by atoms with Gasteiger partial charge in [-0.25, -0.2) is 0 Å². The molecule has 0 bridgehead atoms. The second-order valence-corrected chi connectivity index (χ2v) is 3.75. The molecular formula is C12H10ClN3O. The Morgan fingerprint density at radius 3 is 2.76 bits per heavy atom. The molecule has 0 aliphatic rings. The molecule has 2 rings (SSSR count). The van der Waals surface area contributed by atoms with Crippen molar-refractivity contribution in [2.75, 3.05) is 0 Å². The number of rotatable bonds is 3. The van der Waals surface area contributed by atoms with E-state index in [0.717, 1.165) is 16.9 Å². The Balaban J connectivity index is 2.12. The molecule has 0 N–H and O–H groups in total. The summed E-state index contributed by atoms with van der Waals surface area (Å²) in [4.78, 5) is 0. The average Bonchev–Trinajstić information content (AvgIpc) is 2.74. The molecule has 0 saturated carbocycles. The summed E-state index contributed by atoms with van der Waals surface area (Å²) >= 11 is 5.93. The smallest absolute Gasteiger partial charge is 0.152 e. The first-order valence-corrected chi connectivity index (χ1v) is 5.38. The van der Waals surface area contributed by atoms with Gasteiger partial charge in [-0.2, -0.15) is 0 Å². The van der Waals surface area contributed by atoms with Crippen molar-refractivity contribution >= 4 is 23.4 Å². The third-order valence-corrected chi connectivity index (χ3v) is 2.26. The maximum absolute atomic E-state index is 5.93. The standard InChI is InChI=1S/C12H10ClN3O/c1-9-10(8-17-16-9)7-12(13)15-14-11-5-3-2-4-6-11/h2-8H,1H3/b12-7+,15-14?. The molecule has 0 aliphatic heterocycles. The topological polar surface area (TPSA) is 50.8 Å². The van der Waals surface area contributed by atoms with E-state index in [0.29, 0.717) is 0 Å². The molecule has 0 radical (unpaired) electrons. The van der Waals surface area contributed by atoms with Crippen LogP contribution >= 0.6 is 11.6 Å². The van der Waals surface area contributed by atoms with Crippen molar-refractivity contribution in [1.82, 2.24) is 5.16 Å². The van der Waals surface area contributed by atoms with Crippen LogP contribution in [0.15, 0.2) is 56.5 Å². The molecule has 1 aromatic heterocycles. The van der Waals surface area contributed by atoms with Gasteiger partial charge in [0.1, 0.15) is 6.26 Å². The van der Waals surface area contributed by atoms with E-state index < -0.39 is 0 Å². The molecule has 0 fully saturated rings. The van der Waals surface area contributed by atoms with Crippen LogP contribution in [0.2, 0.25) is 0 Å². The van der Waals surface area contributed by atoms with Crippen LogP contribution in [0.4, 0.5) is 5.69 Å². The minimum absolute atomic E-state index is 0.278. The lowest BCUT2D eigenvalue weighted by Crippen LogP contribution is -1.74. The van der Waals surface area contributed by atoms with Crippen molar-refractivity contribution in [3.05, 3.63) is 53.0 Å². The first kappa shape index (κ1) is 11.5. The van der Waals surface area contributed by atoms with E-state index in [2.05, 4.69) is 15.4 Å². The molecule has 17 heavy (non-hydrogen) atoms. The van der Waals surface area contributed by atoms with Crippen LogP contribution in [0.5, 0.6) is 0 Å². The Morgan fingerprint density at radius 2 is 2.12 bits per heavy atom. The van der Waals surface area contributed by atoms with E-state index in [1.807, 2.05) is 37.3 Å². The maximum atomic E-state index is 5.93. The van der Waals surface area contributed by atoms with Gasteiger partial charge in [-0.15, -0.1) is 10.2 Å². The van der Waals surface area contributed by atoms with E-state index in [1.165, 1.54) is 6.26 Å². The molecule has 5 heteroatoms. The minimum atomic E-state index is 0.278. The predicted octanol–water partition coefficient (Wildman–Crippen LogP) is 4.30. The summed E-state index contributed by atoms with van der Waals surface area (Å²) in [6.45, 7) is 1.83. The third-order valence-electron chi connectivity index (χ3n) is 2.08.